The van der Waals surface area contributed by atoms with Crippen molar-refractivity contribution < 1.29 is 14.0 Å². The summed E-state index contributed by atoms with van der Waals surface area (Å²) in [4.78, 5) is 27.5. The standard InChI is InChI=1S/C22H30FN3O2.ClH/c23-18-8-6-14(7-9-18)22(28)26-10-2-5-17(13-26)21(27)25-20-15-3-1-4-16(20)12-19(24)11-15;/h6-9,15-17,19-20H,1-5,10-13,24H2,(H,25,27);1H. The molecule has 3 N–H and O–H groups in total. The lowest BCUT2D eigenvalue weighted by atomic mass is 9.67. The van der Waals surface area contributed by atoms with Crippen LogP contribution in [0, 0.1) is 23.6 Å². The Balaban J connectivity index is 0.00000240. The zero-order valence-electron chi connectivity index (χ0n) is 16.7. The molecule has 3 aliphatic rings. The summed E-state index contributed by atoms with van der Waals surface area (Å²) >= 11 is 0. The summed E-state index contributed by atoms with van der Waals surface area (Å²) in [7, 11) is 0. The van der Waals surface area contributed by atoms with Crippen molar-refractivity contribution >= 4 is 24.2 Å². The highest BCUT2D eigenvalue weighted by molar-refractivity contribution is 5.94. The topological polar surface area (TPSA) is 75.4 Å². The van der Waals surface area contributed by atoms with Crippen LogP contribution in [-0.4, -0.2) is 41.9 Å². The van der Waals surface area contributed by atoms with Gasteiger partial charge in [0.1, 0.15) is 5.82 Å². The van der Waals surface area contributed by atoms with Crippen LogP contribution in [0.15, 0.2) is 24.3 Å². The molecule has 0 aromatic heterocycles. The Labute approximate surface area is 178 Å². The summed E-state index contributed by atoms with van der Waals surface area (Å²) in [5, 5.41) is 3.34. The van der Waals surface area contributed by atoms with Crippen molar-refractivity contribution in [2.24, 2.45) is 23.5 Å². The number of nitrogens with two attached hydrogens (primary N) is 1. The van der Waals surface area contributed by atoms with Gasteiger partial charge in [-0.1, -0.05) is 6.42 Å². The van der Waals surface area contributed by atoms with Crippen molar-refractivity contribution in [2.45, 2.75) is 57.0 Å². The Morgan fingerprint density at radius 1 is 1.03 bits per heavy atom. The molecule has 2 bridgehead atoms. The van der Waals surface area contributed by atoms with Crippen LogP contribution in [0.4, 0.5) is 4.39 Å². The second kappa shape index (κ2) is 9.43. The Morgan fingerprint density at radius 3 is 2.34 bits per heavy atom. The molecule has 7 heteroatoms. The third-order valence-electron chi connectivity index (χ3n) is 6.86. The second-order valence-electron chi connectivity index (χ2n) is 8.81. The normalized spacial score (nSPS) is 31.5. The minimum Gasteiger partial charge on any atom is -0.353 e. The van der Waals surface area contributed by atoms with E-state index in [-0.39, 0.29) is 48.0 Å². The van der Waals surface area contributed by atoms with E-state index in [4.69, 9.17) is 5.73 Å². The molecule has 160 valence electrons. The molecule has 29 heavy (non-hydrogen) atoms. The van der Waals surface area contributed by atoms with Crippen LogP contribution >= 0.6 is 12.4 Å². The van der Waals surface area contributed by atoms with Crippen molar-refractivity contribution in [2.75, 3.05) is 13.1 Å². The van der Waals surface area contributed by atoms with E-state index in [1.807, 2.05) is 0 Å². The summed E-state index contributed by atoms with van der Waals surface area (Å²) < 4.78 is 13.1. The van der Waals surface area contributed by atoms with E-state index in [2.05, 4.69) is 5.32 Å². The molecular weight excluding hydrogens is 393 g/mol. The maximum atomic E-state index is 13.1. The number of carbonyl (C=O) groups is 2. The second-order valence-corrected chi connectivity index (χ2v) is 8.81. The summed E-state index contributed by atoms with van der Waals surface area (Å²) in [5.74, 6) is 0.408. The lowest BCUT2D eigenvalue weighted by molar-refractivity contribution is -0.128. The first-order valence-electron chi connectivity index (χ1n) is 10.6. The number of hydrogen-bond donors (Lipinski definition) is 2. The molecule has 1 aliphatic heterocycles. The van der Waals surface area contributed by atoms with Gasteiger partial charge in [-0.15, -0.1) is 12.4 Å². The first-order valence-corrected chi connectivity index (χ1v) is 10.6. The van der Waals surface area contributed by atoms with Gasteiger partial charge in [0.25, 0.3) is 5.91 Å². The number of nitrogens with zero attached hydrogens (tertiary/aromatic N) is 1. The molecule has 4 rings (SSSR count). The molecule has 3 fully saturated rings. The predicted molar refractivity (Wildman–Crippen MR) is 112 cm³/mol. The molecule has 2 amide bonds. The number of likely N-dealkylation sites (tertiary alicyclic amines) is 1. The lowest BCUT2D eigenvalue weighted by Gasteiger charge is -2.46. The number of piperidine rings is 1. The minimum absolute atomic E-state index is 0. The van der Waals surface area contributed by atoms with Gasteiger partial charge in [0.15, 0.2) is 0 Å². The van der Waals surface area contributed by atoms with E-state index in [1.165, 1.54) is 30.7 Å². The maximum absolute atomic E-state index is 13.1. The molecule has 1 aromatic rings. The van der Waals surface area contributed by atoms with Crippen LogP contribution in [0.5, 0.6) is 0 Å². The van der Waals surface area contributed by atoms with Crippen LogP contribution in [0.3, 0.4) is 0 Å². The van der Waals surface area contributed by atoms with Gasteiger partial charge in [0.2, 0.25) is 5.91 Å². The highest BCUT2D eigenvalue weighted by Crippen LogP contribution is 2.40. The molecule has 0 radical (unpaired) electrons. The van der Waals surface area contributed by atoms with Crippen molar-refractivity contribution in [3.63, 3.8) is 0 Å². The summed E-state index contributed by atoms with van der Waals surface area (Å²) in [6, 6.07) is 6.12. The monoisotopic (exact) mass is 423 g/mol. The van der Waals surface area contributed by atoms with Gasteiger partial charge in [-0.25, -0.2) is 4.39 Å². The number of fused-ring (bicyclic) bond motifs is 2. The van der Waals surface area contributed by atoms with E-state index in [0.29, 0.717) is 30.5 Å². The number of nitrogens with one attached hydrogen (secondary N) is 1. The zero-order chi connectivity index (χ0) is 19.7. The Hall–Kier alpha value is -1.66. The fourth-order valence-corrected chi connectivity index (χ4v) is 5.46. The lowest BCUT2D eigenvalue weighted by Crippen LogP contribution is -2.56. The molecule has 1 aromatic carbocycles. The number of benzene rings is 1. The van der Waals surface area contributed by atoms with E-state index in [0.717, 1.165) is 38.5 Å². The Kier molecular flexibility index (Phi) is 7.17. The van der Waals surface area contributed by atoms with Gasteiger partial charge in [0.05, 0.1) is 5.92 Å². The summed E-state index contributed by atoms with van der Waals surface area (Å²) in [6.45, 7) is 1.08. The summed E-state index contributed by atoms with van der Waals surface area (Å²) in [5.41, 5.74) is 6.67. The highest BCUT2D eigenvalue weighted by atomic mass is 35.5. The van der Waals surface area contributed by atoms with Gasteiger partial charge in [-0.3, -0.25) is 9.59 Å². The molecule has 1 heterocycles. The number of amides is 2. The van der Waals surface area contributed by atoms with Crippen molar-refractivity contribution in [3.8, 4) is 0 Å². The third-order valence-corrected chi connectivity index (χ3v) is 6.86. The Morgan fingerprint density at radius 2 is 1.69 bits per heavy atom. The predicted octanol–water partition coefficient (Wildman–Crippen LogP) is 3.12. The smallest absolute Gasteiger partial charge is 0.253 e. The fourth-order valence-electron chi connectivity index (χ4n) is 5.46. The van der Waals surface area contributed by atoms with Gasteiger partial charge in [-0.05, 0) is 74.6 Å². The Bertz CT molecular complexity index is 715. The first kappa shape index (κ1) is 22.0. The average Bonchev–Trinajstić information content (AvgIpc) is 2.69. The number of halogens is 2. The van der Waals surface area contributed by atoms with Crippen LogP contribution in [0.2, 0.25) is 0 Å². The average molecular weight is 424 g/mol. The van der Waals surface area contributed by atoms with Gasteiger partial charge >= 0.3 is 0 Å². The maximum Gasteiger partial charge on any atom is 0.253 e. The molecule has 3 atom stereocenters. The van der Waals surface area contributed by atoms with Crippen LogP contribution in [-0.2, 0) is 4.79 Å². The quantitative estimate of drug-likeness (QED) is 0.784. The van der Waals surface area contributed by atoms with E-state index >= 15 is 0 Å². The molecule has 0 spiro atoms. The van der Waals surface area contributed by atoms with Gasteiger partial charge < -0.3 is 16.0 Å². The van der Waals surface area contributed by atoms with Crippen molar-refractivity contribution in [3.05, 3.63) is 35.6 Å². The van der Waals surface area contributed by atoms with Crippen LogP contribution < -0.4 is 11.1 Å². The van der Waals surface area contributed by atoms with Crippen molar-refractivity contribution in [1.82, 2.24) is 10.2 Å². The molecule has 2 aliphatic carbocycles. The SMILES string of the molecule is Cl.NC1CC2CCCC(C1)C2NC(=O)C1CCCN(C(=O)c2ccc(F)cc2)C1. The third kappa shape index (κ3) is 4.92. The highest BCUT2D eigenvalue weighted by Gasteiger charge is 2.41. The number of hydrogen-bond acceptors (Lipinski definition) is 3. The molecule has 5 nitrogen and oxygen atoms in total. The largest absolute Gasteiger partial charge is 0.353 e. The van der Waals surface area contributed by atoms with E-state index in [9.17, 15) is 14.0 Å². The number of rotatable bonds is 3. The summed E-state index contributed by atoms with van der Waals surface area (Å²) in [6.07, 6.45) is 7.15. The molecule has 3 unspecified atom stereocenters. The van der Waals surface area contributed by atoms with Crippen LogP contribution in [0.25, 0.3) is 0 Å². The zero-order valence-corrected chi connectivity index (χ0v) is 17.5. The van der Waals surface area contributed by atoms with Crippen molar-refractivity contribution in [1.29, 1.82) is 0 Å². The molecular formula is C22H31ClFN3O2. The molecule has 2 saturated carbocycles. The van der Waals surface area contributed by atoms with E-state index < -0.39 is 0 Å². The fraction of sp³-hybridized carbons (Fsp3) is 0.636. The first-order chi connectivity index (χ1) is 13.5. The number of carbonyl (C=O) groups excluding carboxylic acids is 2. The molecule has 1 saturated heterocycles. The van der Waals surface area contributed by atoms with Gasteiger partial charge in [-0.2, -0.15) is 0 Å². The minimum atomic E-state index is -0.356. The van der Waals surface area contributed by atoms with Crippen LogP contribution in [0.1, 0.15) is 55.3 Å². The van der Waals surface area contributed by atoms with E-state index in [1.54, 1.807) is 4.90 Å². The van der Waals surface area contributed by atoms with Gasteiger partial charge in [0, 0.05) is 30.7 Å².